The van der Waals surface area contributed by atoms with Gasteiger partial charge in [-0.05, 0) is 153 Å². The van der Waals surface area contributed by atoms with E-state index < -0.39 is 0 Å². The summed E-state index contributed by atoms with van der Waals surface area (Å²) in [4.78, 5) is 4.80. The van der Waals surface area contributed by atoms with E-state index in [9.17, 15) is 0 Å². The van der Waals surface area contributed by atoms with Crippen LogP contribution in [0.1, 0.15) is 72.9 Å². The summed E-state index contributed by atoms with van der Waals surface area (Å²) in [5.74, 6) is 0.546. The lowest BCUT2D eigenvalue weighted by atomic mass is 9.92. The molecular formula is C41H44Br2N2. The fourth-order valence-corrected chi connectivity index (χ4v) is 7.10. The van der Waals surface area contributed by atoms with Crippen LogP contribution in [0.3, 0.4) is 0 Å². The van der Waals surface area contributed by atoms with Crippen LogP contribution in [0.15, 0.2) is 106 Å². The third-order valence-electron chi connectivity index (χ3n) is 8.75. The number of hydrogen-bond donors (Lipinski definition) is 0. The maximum Gasteiger partial charge on any atom is 0.0520 e. The molecule has 5 aromatic carbocycles. The topological polar surface area (TPSA) is 6.48 Å². The van der Waals surface area contributed by atoms with Crippen molar-refractivity contribution in [2.45, 2.75) is 73.6 Å². The summed E-state index contributed by atoms with van der Waals surface area (Å²) in [7, 11) is 0. The van der Waals surface area contributed by atoms with Crippen molar-refractivity contribution in [2.24, 2.45) is 0 Å². The Kier molecular flexibility index (Phi) is 10.6. The second kappa shape index (κ2) is 14.4. The minimum absolute atomic E-state index is 0.546. The highest BCUT2D eigenvalue weighted by Gasteiger charge is 2.21. The largest absolute Gasteiger partial charge is 0.310 e. The maximum atomic E-state index is 3.64. The molecule has 5 rings (SSSR count). The summed E-state index contributed by atoms with van der Waals surface area (Å²) >= 11 is 7.28. The van der Waals surface area contributed by atoms with Crippen LogP contribution in [0.2, 0.25) is 0 Å². The fourth-order valence-electron chi connectivity index (χ4n) is 6.57. The number of hydrogen-bond acceptors (Lipinski definition) is 2. The zero-order chi connectivity index (χ0) is 32.2. The van der Waals surface area contributed by atoms with Gasteiger partial charge in [-0.15, -0.1) is 0 Å². The van der Waals surface area contributed by atoms with E-state index in [4.69, 9.17) is 0 Å². The third kappa shape index (κ3) is 7.23. The van der Waals surface area contributed by atoms with Crippen molar-refractivity contribution in [2.75, 3.05) is 9.80 Å². The minimum atomic E-state index is 0.546. The van der Waals surface area contributed by atoms with Gasteiger partial charge in [0.25, 0.3) is 0 Å². The van der Waals surface area contributed by atoms with Crippen molar-refractivity contribution in [3.05, 3.63) is 139 Å². The molecule has 5 aromatic rings. The normalized spacial score (nSPS) is 11.8. The molecule has 0 fully saturated rings. The van der Waals surface area contributed by atoms with E-state index in [0.717, 1.165) is 38.1 Å². The van der Waals surface area contributed by atoms with E-state index in [1.54, 1.807) is 0 Å². The molecule has 0 bridgehead atoms. The Bertz CT molecular complexity index is 1710. The minimum Gasteiger partial charge on any atom is -0.310 e. The summed E-state index contributed by atoms with van der Waals surface area (Å²) in [5.41, 5.74) is 14.9. The SMILES string of the molecule is CCCC(C)c1cc(C)c(N(c2ccc(Br)cc2)c2ccc(N(c3ccc(Br)cc3)c3c(C)cc(CC)cc3C)cc2)c(C)c1. The van der Waals surface area contributed by atoms with Crippen LogP contribution < -0.4 is 9.80 Å². The Labute approximate surface area is 287 Å². The highest BCUT2D eigenvalue weighted by atomic mass is 79.9. The number of benzene rings is 5. The van der Waals surface area contributed by atoms with Crippen molar-refractivity contribution in [3.63, 3.8) is 0 Å². The predicted octanol–water partition coefficient (Wildman–Crippen LogP) is 13.9. The molecule has 0 aliphatic rings. The quantitative estimate of drug-likeness (QED) is 0.142. The lowest BCUT2D eigenvalue weighted by Crippen LogP contribution is -2.15. The first kappa shape index (κ1) is 33.0. The molecule has 0 aliphatic heterocycles. The maximum absolute atomic E-state index is 3.64. The van der Waals surface area contributed by atoms with Gasteiger partial charge in [-0.2, -0.15) is 0 Å². The third-order valence-corrected chi connectivity index (χ3v) is 9.80. The molecule has 0 saturated heterocycles. The molecule has 0 amide bonds. The Hall–Kier alpha value is -3.34. The molecule has 4 heteroatoms. The standard InChI is InChI=1S/C41H44Br2N2/c1-8-10-27(3)33-25-30(6)41(31(7)26-33)45(37-17-13-35(43)14-18-37)39-21-19-38(20-22-39)44(36-15-11-34(42)12-16-36)40-28(4)23-32(9-2)24-29(40)5/h11-27H,8-10H2,1-7H3. The molecule has 0 radical (unpaired) electrons. The molecule has 0 aromatic heterocycles. The zero-order valence-electron chi connectivity index (χ0n) is 27.6. The van der Waals surface area contributed by atoms with E-state index in [1.807, 2.05) is 0 Å². The van der Waals surface area contributed by atoms with E-state index in [1.165, 1.54) is 57.6 Å². The summed E-state index contributed by atoms with van der Waals surface area (Å²) in [6.45, 7) is 15.8. The Morgan fingerprint density at radius 2 is 0.867 bits per heavy atom. The fraction of sp³-hybridized carbons (Fsp3) is 0.268. The molecule has 0 spiro atoms. The summed E-state index contributed by atoms with van der Waals surface area (Å²) < 4.78 is 2.14. The van der Waals surface area contributed by atoms with E-state index in [-0.39, 0.29) is 0 Å². The number of rotatable bonds is 10. The van der Waals surface area contributed by atoms with Gasteiger partial charge in [-0.3, -0.25) is 0 Å². The second-order valence-corrected chi connectivity index (χ2v) is 14.1. The van der Waals surface area contributed by atoms with Crippen LogP contribution >= 0.6 is 31.9 Å². The molecule has 0 heterocycles. The van der Waals surface area contributed by atoms with Gasteiger partial charge >= 0.3 is 0 Å². The number of anilines is 6. The summed E-state index contributed by atoms with van der Waals surface area (Å²) in [5, 5.41) is 0. The van der Waals surface area contributed by atoms with Gasteiger partial charge in [-0.1, -0.05) is 83.3 Å². The number of aryl methyl sites for hydroxylation is 5. The molecule has 1 atom stereocenters. The van der Waals surface area contributed by atoms with Gasteiger partial charge in [-0.25, -0.2) is 0 Å². The van der Waals surface area contributed by atoms with Crippen LogP contribution in [0, 0.1) is 27.7 Å². The smallest absolute Gasteiger partial charge is 0.0520 e. The van der Waals surface area contributed by atoms with Crippen molar-refractivity contribution < 1.29 is 0 Å². The molecule has 0 aliphatic carbocycles. The molecular weight excluding hydrogens is 680 g/mol. The molecule has 2 nitrogen and oxygen atoms in total. The summed E-state index contributed by atoms with van der Waals surface area (Å²) in [6, 6.07) is 35.7. The lowest BCUT2D eigenvalue weighted by molar-refractivity contribution is 0.664. The van der Waals surface area contributed by atoms with Gasteiger partial charge in [0.15, 0.2) is 0 Å². The van der Waals surface area contributed by atoms with E-state index >= 15 is 0 Å². The Morgan fingerprint density at radius 3 is 1.20 bits per heavy atom. The van der Waals surface area contributed by atoms with Crippen LogP contribution in [0.25, 0.3) is 0 Å². The van der Waals surface area contributed by atoms with Crippen LogP contribution in [0.4, 0.5) is 34.1 Å². The number of nitrogens with zero attached hydrogens (tertiary/aromatic N) is 2. The highest BCUT2D eigenvalue weighted by Crippen LogP contribution is 2.44. The van der Waals surface area contributed by atoms with Gasteiger partial charge in [0.2, 0.25) is 0 Å². The van der Waals surface area contributed by atoms with Crippen molar-refractivity contribution in [1.29, 1.82) is 0 Å². The van der Waals surface area contributed by atoms with Crippen LogP contribution in [0.5, 0.6) is 0 Å². The first-order chi connectivity index (χ1) is 21.6. The van der Waals surface area contributed by atoms with Crippen molar-refractivity contribution >= 4 is 66.0 Å². The van der Waals surface area contributed by atoms with Crippen LogP contribution in [-0.2, 0) is 6.42 Å². The highest BCUT2D eigenvalue weighted by molar-refractivity contribution is 9.10. The van der Waals surface area contributed by atoms with E-state index in [2.05, 4.69) is 187 Å². The van der Waals surface area contributed by atoms with Crippen molar-refractivity contribution in [1.82, 2.24) is 0 Å². The predicted molar refractivity (Wildman–Crippen MR) is 203 cm³/mol. The van der Waals surface area contributed by atoms with E-state index in [0.29, 0.717) is 5.92 Å². The number of halogens is 2. The average molecular weight is 725 g/mol. The molecule has 0 N–H and O–H groups in total. The molecule has 0 saturated carbocycles. The first-order valence-corrected chi connectivity index (χ1v) is 17.6. The average Bonchev–Trinajstić information content (AvgIpc) is 3.02. The summed E-state index contributed by atoms with van der Waals surface area (Å²) in [6.07, 6.45) is 3.42. The Morgan fingerprint density at radius 1 is 0.533 bits per heavy atom. The van der Waals surface area contributed by atoms with Gasteiger partial charge in [0.1, 0.15) is 0 Å². The first-order valence-electron chi connectivity index (χ1n) is 16.0. The van der Waals surface area contributed by atoms with Gasteiger partial charge in [0, 0.05) is 31.7 Å². The van der Waals surface area contributed by atoms with Crippen molar-refractivity contribution in [3.8, 4) is 0 Å². The lowest BCUT2D eigenvalue weighted by Gasteiger charge is -2.32. The second-order valence-electron chi connectivity index (χ2n) is 12.3. The molecule has 45 heavy (non-hydrogen) atoms. The molecule has 1 unspecified atom stereocenters. The van der Waals surface area contributed by atoms with Gasteiger partial charge in [0.05, 0.1) is 11.4 Å². The van der Waals surface area contributed by atoms with Gasteiger partial charge < -0.3 is 9.80 Å². The monoisotopic (exact) mass is 722 g/mol. The van der Waals surface area contributed by atoms with Crippen LogP contribution in [-0.4, -0.2) is 0 Å². The molecule has 232 valence electrons. The zero-order valence-corrected chi connectivity index (χ0v) is 30.8. The Balaban J connectivity index is 1.64.